The standard InChI is InChI=1S/C17H19NO/c1-12-8-9-16(10-14(12)3)18-17(19)11-15-7-5-4-6-13(15)2/h4-10H,11H2,1-3H3,(H,18,19). The maximum Gasteiger partial charge on any atom is 0.228 e. The van der Waals surface area contributed by atoms with Gasteiger partial charge in [0.05, 0.1) is 6.42 Å². The zero-order chi connectivity index (χ0) is 13.8. The van der Waals surface area contributed by atoms with E-state index in [2.05, 4.69) is 12.2 Å². The molecule has 2 nitrogen and oxygen atoms in total. The largest absolute Gasteiger partial charge is 0.326 e. The lowest BCUT2D eigenvalue weighted by molar-refractivity contribution is -0.115. The number of aryl methyl sites for hydroxylation is 3. The number of benzene rings is 2. The normalized spacial score (nSPS) is 10.3. The van der Waals surface area contributed by atoms with Gasteiger partial charge in [0.2, 0.25) is 5.91 Å². The van der Waals surface area contributed by atoms with Gasteiger partial charge < -0.3 is 5.32 Å². The van der Waals surface area contributed by atoms with E-state index in [1.165, 1.54) is 11.1 Å². The molecule has 0 bridgehead atoms. The molecule has 1 N–H and O–H groups in total. The Hall–Kier alpha value is -2.09. The van der Waals surface area contributed by atoms with E-state index in [4.69, 9.17) is 0 Å². The van der Waals surface area contributed by atoms with Crippen LogP contribution >= 0.6 is 0 Å². The van der Waals surface area contributed by atoms with Crippen molar-refractivity contribution < 1.29 is 4.79 Å². The topological polar surface area (TPSA) is 29.1 Å². The zero-order valence-electron chi connectivity index (χ0n) is 11.7. The minimum atomic E-state index is 0.0255. The van der Waals surface area contributed by atoms with Crippen LogP contribution in [-0.2, 0) is 11.2 Å². The van der Waals surface area contributed by atoms with E-state index in [-0.39, 0.29) is 5.91 Å². The second-order valence-electron chi connectivity index (χ2n) is 4.95. The van der Waals surface area contributed by atoms with Crippen LogP contribution in [0.15, 0.2) is 42.5 Å². The zero-order valence-corrected chi connectivity index (χ0v) is 11.7. The Morgan fingerprint density at radius 1 is 0.947 bits per heavy atom. The van der Waals surface area contributed by atoms with Gasteiger partial charge in [-0.15, -0.1) is 0 Å². The predicted octanol–water partition coefficient (Wildman–Crippen LogP) is 3.79. The molecule has 0 saturated carbocycles. The molecule has 0 aromatic heterocycles. The Morgan fingerprint density at radius 2 is 1.68 bits per heavy atom. The van der Waals surface area contributed by atoms with E-state index >= 15 is 0 Å². The summed E-state index contributed by atoms with van der Waals surface area (Å²) in [6, 6.07) is 13.9. The summed E-state index contributed by atoms with van der Waals surface area (Å²) in [6.07, 6.45) is 0.416. The van der Waals surface area contributed by atoms with Crippen LogP contribution in [0, 0.1) is 20.8 Å². The number of anilines is 1. The molecule has 19 heavy (non-hydrogen) atoms. The predicted molar refractivity (Wildman–Crippen MR) is 79.4 cm³/mol. The van der Waals surface area contributed by atoms with Gasteiger partial charge in [-0.05, 0) is 55.2 Å². The molecule has 0 fully saturated rings. The second-order valence-corrected chi connectivity index (χ2v) is 4.95. The first-order valence-electron chi connectivity index (χ1n) is 6.48. The van der Waals surface area contributed by atoms with Crippen molar-refractivity contribution in [2.75, 3.05) is 5.32 Å². The summed E-state index contributed by atoms with van der Waals surface area (Å²) in [5.41, 5.74) is 5.51. The van der Waals surface area contributed by atoms with E-state index in [1.807, 2.05) is 56.3 Å². The summed E-state index contributed by atoms with van der Waals surface area (Å²) in [7, 11) is 0. The van der Waals surface area contributed by atoms with Crippen molar-refractivity contribution in [1.82, 2.24) is 0 Å². The van der Waals surface area contributed by atoms with Crippen molar-refractivity contribution in [1.29, 1.82) is 0 Å². The van der Waals surface area contributed by atoms with Crippen LogP contribution in [0.1, 0.15) is 22.3 Å². The van der Waals surface area contributed by atoms with Crippen LogP contribution in [0.2, 0.25) is 0 Å². The number of hydrogen-bond donors (Lipinski definition) is 1. The molecule has 0 atom stereocenters. The highest BCUT2D eigenvalue weighted by Gasteiger charge is 2.06. The van der Waals surface area contributed by atoms with E-state index in [1.54, 1.807) is 0 Å². The third-order valence-corrected chi connectivity index (χ3v) is 3.40. The fourth-order valence-electron chi connectivity index (χ4n) is 2.01. The fourth-order valence-corrected chi connectivity index (χ4v) is 2.01. The summed E-state index contributed by atoms with van der Waals surface area (Å²) >= 11 is 0. The van der Waals surface area contributed by atoms with Crippen LogP contribution in [0.5, 0.6) is 0 Å². The van der Waals surface area contributed by atoms with Gasteiger partial charge >= 0.3 is 0 Å². The molecular formula is C17H19NO. The minimum absolute atomic E-state index is 0.0255. The molecular weight excluding hydrogens is 234 g/mol. The van der Waals surface area contributed by atoms with Gasteiger partial charge in [0, 0.05) is 5.69 Å². The number of amides is 1. The molecule has 98 valence electrons. The molecule has 0 aliphatic heterocycles. The summed E-state index contributed by atoms with van der Waals surface area (Å²) in [6.45, 7) is 6.14. The Kier molecular flexibility index (Phi) is 4.00. The Bertz CT molecular complexity index is 602. The highest BCUT2D eigenvalue weighted by Crippen LogP contribution is 2.15. The van der Waals surface area contributed by atoms with Gasteiger partial charge in [0.15, 0.2) is 0 Å². The number of carbonyl (C=O) groups excluding carboxylic acids is 1. The first-order valence-corrected chi connectivity index (χ1v) is 6.48. The van der Waals surface area contributed by atoms with Crippen LogP contribution in [0.25, 0.3) is 0 Å². The molecule has 0 aliphatic carbocycles. The molecule has 0 heterocycles. The van der Waals surface area contributed by atoms with Gasteiger partial charge in [0.25, 0.3) is 0 Å². The minimum Gasteiger partial charge on any atom is -0.326 e. The SMILES string of the molecule is Cc1ccc(NC(=O)Cc2ccccc2C)cc1C. The third-order valence-electron chi connectivity index (χ3n) is 3.40. The monoisotopic (exact) mass is 253 g/mol. The molecule has 2 aromatic rings. The average Bonchev–Trinajstić information content (AvgIpc) is 2.37. The first kappa shape index (κ1) is 13.3. The van der Waals surface area contributed by atoms with Crippen molar-refractivity contribution >= 4 is 11.6 Å². The summed E-state index contributed by atoms with van der Waals surface area (Å²) in [4.78, 5) is 12.0. The Morgan fingerprint density at radius 3 is 2.37 bits per heavy atom. The molecule has 2 heteroatoms. The number of carbonyl (C=O) groups is 1. The lowest BCUT2D eigenvalue weighted by Crippen LogP contribution is -2.15. The van der Waals surface area contributed by atoms with Crippen LogP contribution in [0.4, 0.5) is 5.69 Å². The smallest absolute Gasteiger partial charge is 0.228 e. The van der Waals surface area contributed by atoms with Gasteiger partial charge in [-0.25, -0.2) is 0 Å². The lowest BCUT2D eigenvalue weighted by Gasteiger charge is -2.09. The lowest BCUT2D eigenvalue weighted by atomic mass is 10.1. The second kappa shape index (κ2) is 5.70. The van der Waals surface area contributed by atoms with Crippen molar-refractivity contribution in [3.63, 3.8) is 0 Å². The van der Waals surface area contributed by atoms with Gasteiger partial charge in [-0.2, -0.15) is 0 Å². The van der Waals surface area contributed by atoms with Crippen molar-refractivity contribution in [3.05, 3.63) is 64.7 Å². The van der Waals surface area contributed by atoms with E-state index in [9.17, 15) is 4.79 Å². The van der Waals surface area contributed by atoms with Crippen molar-refractivity contribution in [2.45, 2.75) is 27.2 Å². The highest BCUT2D eigenvalue weighted by molar-refractivity contribution is 5.92. The molecule has 2 aromatic carbocycles. The molecule has 0 unspecified atom stereocenters. The van der Waals surface area contributed by atoms with Gasteiger partial charge in [-0.3, -0.25) is 4.79 Å². The average molecular weight is 253 g/mol. The summed E-state index contributed by atoms with van der Waals surface area (Å²) in [5, 5.41) is 2.95. The van der Waals surface area contributed by atoms with Gasteiger partial charge in [0.1, 0.15) is 0 Å². The maximum atomic E-state index is 12.0. The van der Waals surface area contributed by atoms with Crippen molar-refractivity contribution in [2.24, 2.45) is 0 Å². The molecule has 1 amide bonds. The summed E-state index contributed by atoms with van der Waals surface area (Å²) in [5.74, 6) is 0.0255. The van der Waals surface area contributed by atoms with Crippen LogP contribution in [-0.4, -0.2) is 5.91 Å². The number of rotatable bonds is 3. The Labute approximate surface area is 114 Å². The summed E-state index contributed by atoms with van der Waals surface area (Å²) < 4.78 is 0. The number of hydrogen-bond acceptors (Lipinski definition) is 1. The fraction of sp³-hybridized carbons (Fsp3) is 0.235. The van der Waals surface area contributed by atoms with Crippen molar-refractivity contribution in [3.8, 4) is 0 Å². The number of nitrogens with one attached hydrogen (secondary N) is 1. The Balaban J connectivity index is 2.05. The van der Waals surface area contributed by atoms with E-state index in [0.717, 1.165) is 16.8 Å². The molecule has 2 rings (SSSR count). The maximum absolute atomic E-state index is 12.0. The van der Waals surface area contributed by atoms with Gasteiger partial charge in [-0.1, -0.05) is 30.3 Å². The molecule has 0 spiro atoms. The van der Waals surface area contributed by atoms with E-state index in [0.29, 0.717) is 6.42 Å². The van der Waals surface area contributed by atoms with Crippen LogP contribution in [0.3, 0.4) is 0 Å². The molecule has 0 radical (unpaired) electrons. The third kappa shape index (κ3) is 3.44. The molecule has 0 aliphatic rings. The highest BCUT2D eigenvalue weighted by atomic mass is 16.1. The molecule has 0 saturated heterocycles. The quantitative estimate of drug-likeness (QED) is 0.885. The first-order chi connectivity index (χ1) is 9.06. The van der Waals surface area contributed by atoms with Crippen LogP contribution < -0.4 is 5.32 Å². The van der Waals surface area contributed by atoms with E-state index < -0.39 is 0 Å².